The second-order valence-corrected chi connectivity index (χ2v) is 7.71. The van der Waals surface area contributed by atoms with Crippen molar-refractivity contribution in [3.63, 3.8) is 0 Å². The van der Waals surface area contributed by atoms with Crippen LogP contribution in [-0.2, 0) is 9.53 Å². The molecular formula is C22H35N5O3. The standard InChI is InChI=1S/C22H35N5O3/c1-4-21(28)27-10-9-18(16-27)25-22(23-2)24-15-20(26-11-13-30-14-12-26)17-5-7-19(29-3)8-6-17/h5-8,18,20H,4,9-16H2,1-3H3,(H2,23,24,25). The lowest BCUT2D eigenvalue weighted by Crippen LogP contribution is -2.49. The van der Waals surface area contributed by atoms with E-state index in [-0.39, 0.29) is 18.0 Å². The molecule has 0 bridgehead atoms. The van der Waals surface area contributed by atoms with Crippen LogP contribution in [0.2, 0.25) is 0 Å². The maximum Gasteiger partial charge on any atom is 0.222 e. The molecule has 2 heterocycles. The van der Waals surface area contributed by atoms with Gasteiger partial charge in [0.2, 0.25) is 5.91 Å². The molecule has 1 amide bonds. The second kappa shape index (κ2) is 11.2. The van der Waals surface area contributed by atoms with Crippen molar-refractivity contribution in [2.45, 2.75) is 31.8 Å². The number of hydrogen-bond donors (Lipinski definition) is 2. The number of carbonyl (C=O) groups is 1. The van der Waals surface area contributed by atoms with Crippen LogP contribution in [0.1, 0.15) is 31.4 Å². The van der Waals surface area contributed by atoms with Crippen LogP contribution in [0.25, 0.3) is 0 Å². The number of morpholine rings is 1. The zero-order valence-electron chi connectivity index (χ0n) is 18.4. The summed E-state index contributed by atoms with van der Waals surface area (Å²) in [6.07, 6.45) is 1.50. The summed E-state index contributed by atoms with van der Waals surface area (Å²) < 4.78 is 10.9. The van der Waals surface area contributed by atoms with E-state index in [0.29, 0.717) is 6.42 Å². The Hall–Kier alpha value is -2.32. The predicted octanol–water partition coefficient (Wildman–Crippen LogP) is 1.24. The summed E-state index contributed by atoms with van der Waals surface area (Å²) in [4.78, 5) is 20.7. The molecule has 0 saturated carbocycles. The zero-order valence-corrected chi connectivity index (χ0v) is 18.4. The van der Waals surface area contributed by atoms with Crippen molar-refractivity contribution in [2.24, 2.45) is 4.99 Å². The fourth-order valence-electron chi connectivity index (χ4n) is 4.08. The molecule has 0 spiro atoms. The highest BCUT2D eigenvalue weighted by atomic mass is 16.5. The van der Waals surface area contributed by atoms with Gasteiger partial charge in [-0.05, 0) is 24.1 Å². The summed E-state index contributed by atoms with van der Waals surface area (Å²) in [6.45, 7) is 7.50. The Bertz CT molecular complexity index is 703. The Morgan fingerprint density at radius 1 is 1.27 bits per heavy atom. The maximum absolute atomic E-state index is 11.9. The van der Waals surface area contributed by atoms with Crippen molar-refractivity contribution in [3.05, 3.63) is 29.8 Å². The number of nitrogens with one attached hydrogen (secondary N) is 2. The van der Waals surface area contributed by atoms with Crippen molar-refractivity contribution in [1.82, 2.24) is 20.4 Å². The zero-order chi connectivity index (χ0) is 21.3. The van der Waals surface area contributed by atoms with Crippen molar-refractivity contribution in [2.75, 3.05) is 60.1 Å². The lowest BCUT2D eigenvalue weighted by atomic mass is 10.0. The van der Waals surface area contributed by atoms with Crippen LogP contribution in [0.5, 0.6) is 5.75 Å². The summed E-state index contributed by atoms with van der Waals surface area (Å²) in [5.74, 6) is 1.85. The molecule has 2 aliphatic heterocycles. The number of benzene rings is 1. The van der Waals surface area contributed by atoms with E-state index >= 15 is 0 Å². The van der Waals surface area contributed by atoms with Crippen LogP contribution in [0, 0.1) is 0 Å². The fourth-order valence-corrected chi connectivity index (χ4v) is 4.08. The first-order chi connectivity index (χ1) is 14.6. The first-order valence-corrected chi connectivity index (χ1v) is 10.8. The summed E-state index contributed by atoms with van der Waals surface area (Å²) in [6, 6.07) is 8.71. The number of ether oxygens (including phenoxy) is 2. The summed E-state index contributed by atoms with van der Waals surface area (Å²) >= 11 is 0. The van der Waals surface area contributed by atoms with Gasteiger partial charge in [-0.1, -0.05) is 19.1 Å². The Kier molecular flexibility index (Phi) is 8.33. The van der Waals surface area contributed by atoms with Gasteiger partial charge in [-0.25, -0.2) is 0 Å². The molecule has 8 heteroatoms. The quantitative estimate of drug-likeness (QED) is 0.514. The highest BCUT2D eigenvalue weighted by Gasteiger charge is 2.27. The Labute approximate surface area is 179 Å². The normalized spacial score (nSPS) is 21.4. The maximum atomic E-state index is 11.9. The lowest BCUT2D eigenvalue weighted by Gasteiger charge is -2.35. The van der Waals surface area contributed by atoms with Gasteiger partial charge in [-0.2, -0.15) is 0 Å². The third-order valence-corrected chi connectivity index (χ3v) is 5.86. The highest BCUT2D eigenvalue weighted by Crippen LogP contribution is 2.23. The van der Waals surface area contributed by atoms with Gasteiger partial charge in [0.15, 0.2) is 5.96 Å². The predicted molar refractivity (Wildman–Crippen MR) is 118 cm³/mol. The van der Waals surface area contributed by atoms with E-state index in [0.717, 1.165) is 64.1 Å². The van der Waals surface area contributed by atoms with Crippen LogP contribution in [0.4, 0.5) is 0 Å². The molecule has 0 aliphatic carbocycles. The average Bonchev–Trinajstić information content (AvgIpc) is 3.27. The van der Waals surface area contributed by atoms with E-state index in [1.54, 1.807) is 14.2 Å². The number of hydrogen-bond acceptors (Lipinski definition) is 5. The van der Waals surface area contributed by atoms with Gasteiger partial charge in [-0.3, -0.25) is 14.7 Å². The van der Waals surface area contributed by atoms with E-state index in [2.05, 4.69) is 32.7 Å². The smallest absolute Gasteiger partial charge is 0.222 e. The molecule has 2 unspecified atom stereocenters. The van der Waals surface area contributed by atoms with Gasteiger partial charge in [0.05, 0.1) is 26.4 Å². The van der Waals surface area contributed by atoms with Crippen molar-refractivity contribution in [1.29, 1.82) is 0 Å². The third kappa shape index (κ3) is 5.86. The second-order valence-electron chi connectivity index (χ2n) is 7.71. The van der Waals surface area contributed by atoms with Gasteiger partial charge in [0.1, 0.15) is 5.75 Å². The molecule has 30 heavy (non-hydrogen) atoms. The summed E-state index contributed by atoms with van der Waals surface area (Å²) in [5, 5.41) is 6.98. The van der Waals surface area contributed by atoms with Gasteiger partial charge in [-0.15, -0.1) is 0 Å². The van der Waals surface area contributed by atoms with Crippen LogP contribution in [-0.4, -0.2) is 87.8 Å². The van der Waals surface area contributed by atoms with Gasteiger partial charge >= 0.3 is 0 Å². The molecule has 0 aromatic heterocycles. The largest absolute Gasteiger partial charge is 0.497 e. The number of carbonyl (C=O) groups excluding carboxylic acids is 1. The van der Waals surface area contributed by atoms with E-state index in [4.69, 9.17) is 9.47 Å². The topological polar surface area (TPSA) is 78.4 Å². The minimum absolute atomic E-state index is 0.208. The van der Waals surface area contributed by atoms with Crippen molar-refractivity contribution in [3.8, 4) is 5.75 Å². The Morgan fingerprint density at radius 3 is 2.63 bits per heavy atom. The Morgan fingerprint density at radius 2 is 2.00 bits per heavy atom. The van der Waals surface area contributed by atoms with Crippen LogP contribution in [0.3, 0.4) is 0 Å². The first kappa shape index (κ1) is 22.4. The van der Waals surface area contributed by atoms with E-state index in [9.17, 15) is 4.79 Å². The minimum atomic E-state index is 0.208. The number of rotatable bonds is 7. The average molecular weight is 418 g/mol. The summed E-state index contributed by atoms with van der Waals surface area (Å²) in [5.41, 5.74) is 1.24. The molecule has 2 saturated heterocycles. The van der Waals surface area contributed by atoms with Crippen molar-refractivity contribution < 1.29 is 14.3 Å². The highest BCUT2D eigenvalue weighted by molar-refractivity contribution is 5.80. The number of nitrogens with zero attached hydrogens (tertiary/aromatic N) is 3. The molecule has 2 aliphatic rings. The van der Waals surface area contributed by atoms with Crippen molar-refractivity contribution >= 4 is 11.9 Å². The van der Waals surface area contributed by atoms with E-state index in [1.165, 1.54) is 5.56 Å². The van der Waals surface area contributed by atoms with E-state index in [1.807, 2.05) is 24.0 Å². The van der Waals surface area contributed by atoms with E-state index < -0.39 is 0 Å². The monoisotopic (exact) mass is 417 g/mol. The number of amides is 1. The first-order valence-electron chi connectivity index (χ1n) is 10.8. The molecule has 2 fully saturated rings. The molecule has 0 radical (unpaired) electrons. The summed E-state index contributed by atoms with van der Waals surface area (Å²) in [7, 11) is 3.47. The van der Waals surface area contributed by atoms with Crippen LogP contribution < -0.4 is 15.4 Å². The molecule has 8 nitrogen and oxygen atoms in total. The van der Waals surface area contributed by atoms with Gasteiger partial charge in [0.25, 0.3) is 0 Å². The number of guanidine groups is 1. The number of aliphatic imine (C=N–C) groups is 1. The lowest BCUT2D eigenvalue weighted by molar-refractivity contribution is -0.129. The molecule has 2 atom stereocenters. The third-order valence-electron chi connectivity index (χ3n) is 5.86. The van der Waals surface area contributed by atoms with Crippen LogP contribution in [0.15, 0.2) is 29.3 Å². The molecule has 2 N–H and O–H groups in total. The van der Waals surface area contributed by atoms with Gasteiger partial charge in [0, 0.05) is 52.2 Å². The minimum Gasteiger partial charge on any atom is -0.497 e. The molecule has 166 valence electrons. The number of likely N-dealkylation sites (tertiary alicyclic amines) is 1. The fraction of sp³-hybridized carbons (Fsp3) is 0.636. The molecule has 3 rings (SSSR count). The Balaban J connectivity index is 1.61. The SMILES string of the molecule is CCC(=O)N1CCC(NC(=NC)NCC(c2ccc(OC)cc2)N2CCOCC2)C1. The number of methoxy groups -OCH3 is 1. The van der Waals surface area contributed by atoms with Gasteiger partial charge < -0.3 is 25.0 Å². The molecule has 1 aromatic carbocycles. The van der Waals surface area contributed by atoms with Crippen LogP contribution >= 0.6 is 0 Å². The molecular weight excluding hydrogens is 382 g/mol. The molecule has 1 aromatic rings.